The highest BCUT2D eigenvalue weighted by Gasteiger charge is 2.28. The first kappa shape index (κ1) is 13.2. The van der Waals surface area contributed by atoms with Gasteiger partial charge in [-0.2, -0.15) is 5.26 Å². The zero-order valence-electron chi connectivity index (χ0n) is 9.94. The van der Waals surface area contributed by atoms with Crippen LogP contribution >= 0.6 is 23.4 Å². The van der Waals surface area contributed by atoms with Crippen molar-refractivity contribution in [2.45, 2.75) is 18.8 Å². The van der Waals surface area contributed by atoms with Crippen molar-refractivity contribution in [2.75, 3.05) is 6.26 Å². The minimum Gasteiger partial charge on any atom is -0.299 e. The maximum atomic E-state index is 11.8. The second kappa shape index (κ2) is 5.60. The molecule has 0 aromatic heterocycles. The summed E-state index contributed by atoms with van der Waals surface area (Å²) in [6.45, 7) is 0. The third-order valence-corrected chi connectivity index (χ3v) is 4.19. The zero-order chi connectivity index (χ0) is 13.1. The number of hydrogen-bond donors (Lipinski definition) is 0. The summed E-state index contributed by atoms with van der Waals surface area (Å²) in [5.74, 6) is 0.0780. The molecule has 0 aliphatic heterocycles. The molecule has 0 fully saturated rings. The van der Waals surface area contributed by atoms with Crippen molar-refractivity contribution < 1.29 is 4.79 Å². The molecule has 2 rings (SSSR count). The number of nitrogens with zero attached hydrogens (tertiary/aromatic N) is 1. The number of allylic oxidation sites excluding steroid dienone is 2. The largest absolute Gasteiger partial charge is 0.299 e. The summed E-state index contributed by atoms with van der Waals surface area (Å²) in [5, 5.41) is 9.97. The molecular weight excluding hydrogens is 266 g/mol. The summed E-state index contributed by atoms with van der Waals surface area (Å²) >= 11 is 7.35. The minimum absolute atomic E-state index is 0.115. The second-order valence-electron chi connectivity index (χ2n) is 4.18. The Labute approximate surface area is 116 Å². The minimum atomic E-state index is -0.115. The molecular formula is C14H12ClNOS. The molecule has 2 nitrogen and oxygen atoms in total. The molecule has 1 aliphatic rings. The smallest absolute Gasteiger partial charge is 0.138 e. The molecule has 1 unspecified atom stereocenters. The van der Waals surface area contributed by atoms with Gasteiger partial charge < -0.3 is 0 Å². The average molecular weight is 278 g/mol. The van der Waals surface area contributed by atoms with Crippen LogP contribution in [0.5, 0.6) is 0 Å². The molecule has 92 valence electrons. The predicted octanol–water partition coefficient (Wildman–Crippen LogP) is 3.93. The molecule has 0 saturated carbocycles. The molecule has 4 heteroatoms. The molecule has 0 heterocycles. The highest BCUT2D eigenvalue weighted by atomic mass is 35.5. The van der Waals surface area contributed by atoms with Gasteiger partial charge in [0.05, 0.1) is 6.07 Å². The Morgan fingerprint density at radius 3 is 2.61 bits per heavy atom. The normalized spacial score (nSPS) is 19.8. The van der Waals surface area contributed by atoms with E-state index in [0.717, 1.165) is 16.0 Å². The number of hydrogen-bond acceptors (Lipinski definition) is 3. The van der Waals surface area contributed by atoms with E-state index in [4.69, 9.17) is 11.6 Å². The Balaban J connectivity index is 2.45. The lowest BCUT2D eigenvalue weighted by Crippen LogP contribution is -2.16. The van der Waals surface area contributed by atoms with Gasteiger partial charge >= 0.3 is 0 Å². The van der Waals surface area contributed by atoms with Gasteiger partial charge in [-0.25, -0.2) is 0 Å². The van der Waals surface area contributed by atoms with Crippen LogP contribution in [0.15, 0.2) is 34.7 Å². The number of carbonyl (C=O) groups is 1. The predicted molar refractivity (Wildman–Crippen MR) is 74.6 cm³/mol. The van der Waals surface area contributed by atoms with Gasteiger partial charge in [-0.3, -0.25) is 4.79 Å². The van der Waals surface area contributed by atoms with Crippen LogP contribution in [-0.4, -0.2) is 12.0 Å². The van der Waals surface area contributed by atoms with Gasteiger partial charge in [0.2, 0.25) is 0 Å². The van der Waals surface area contributed by atoms with E-state index in [9.17, 15) is 10.1 Å². The van der Waals surface area contributed by atoms with Crippen LogP contribution in [-0.2, 0) is 4.79 Å². The van der Waals surface area contributed by atoms with Gasteiger partial charge in [0, 0.05) is 34.3 Å². The van der Waals surface area contributed by atoms with Crippen LogP contribution in [0.4, 0.5) is 0 Å². The Hall–Kier alpha value is -1.24. The fourth-order valence-corrected chi connectivity index (χ4v) is 3.01. The molecule has 1 aliphatic carbocycles. The number of rotatable bonds is 2. The number of benzene rings is 1. The van der Waals surface area contributed by atoms with Crippen LogP contribution in [0.3, 0.4) is 0 Å². The van der Waals surface area contributed by atoms with Crippen molar-refractivity contribution in [3.63, 3.8) is 0 Å². The van der Waals surface area contributed by atoms with Crippen LogP contribution in [0, 0.1) is 11.3 Å². The zero-order valence-corrected chi connectivity index (χ0v) is 11.5. The Morgan fingerprint density at radius 2 is 2.06 bits per heavy atom. The Morgan fingerprint density at radius 1 is 1.39 bits per heavy atom. The number of carbonyl (C=O) groups excluding carboxylic acids is 1. The summed E-state index contributed by atoms with van der Waals surface area (Å²) < 4.78 is 0. The van der Waals surface area contributed by atoms with E-state index in [0.29, 0.717) is 17.9 Å². The first-order chi connectivity index (χ1) is 8.65. The lowest BCUT2D eigenvalue weighted by Gasteiger charge is -2.23. The Bertz CT molecular complexity index is 542. The SMILES string of the molecule is CSC1=C(C#N)C(c2ccc(Cl)cc2)CC(=O)C1. The van der Waals surface area contributed by atoms with Crippen molar-refractivity contribution in [3.8, 4) is 6.07 Å². The molecule has 1 aromatic rings. The highest BCUT2D eigenvalue weighted by Crippen LogP contribution is 2.39. The lowest BCUT2D eigenvalue weighted by atomic mass is 9.82. The van der Waals surface area contributed by atoms with Crippen LogP contribution in [0.25, 0.3) is 0 Å². The topological polar surface area (TPSA) is 40.9 Å². The van der Waals surface area contributed by atoms with Gasteiger partial charge in [-0.1, -0.05) is 23.7 Å². The second-order valence-corrected chi connectivity index (χ2v) is 5.51. The summed E-state index contributed by atoms with van der Waals surface area (Å²) in [6.07, 6.45) is 2.72. The van der Waals surface area contributed by atoms with E-state index < -0.39 is 0 Å². The fraction of sp³-hybridized carbons (Fsp3) is 0.286. The van der Waals surface area contributed by atoms with Gasteiger partial charge in [-0.05, 0) is 24.0 Å². The number of thioether (sulfide) groups is 1. The van der Waals surface area contributed by atoms with E-state index in [1.807, 2.05) is 18.4 Å². The molecule has 0 spiro atoms. The summed E-state index contributed by atoms with van der Waals surface area (Å²) in [6, 6.07) is 9.63. The van der Waals surface area contributed by atoms with Crippen LogP contribution in [0.1, 0.15) is 24.3 Å². The molecule has 0 N–H and O–H groups in total. The van der Waals surface area contributed by atoms with Crippen molar-refractivity contribution >= 4 is 29.1 Å². The van der Waals surface area contributed by atoms with Gasteiger partial charge in [0.15, 0.2) is 0 Å². The Kier molecular flexibility index (Phi) is 4.11. The maximum absolute atomic E-state index is 11.8. The lowest BCUT2D eigenvalue weighted by molar-refractivity contribution is -0.118. The number of nitriles is 1. The fourth-order valence-electron chi connectivity index (χ4n) is 2.17. The molecule has 0 bridgehead atoms. The van der Waals surface area contributed by atoms with Crippen LogP contribution < -0.4 is 0 Å². The average Bonchev–Trinajstić information content (AvgIpc) is 2.38. The van der Waals surface area contributed by atoms with E-state index in [1.54, 1.807) is 12.1 Å². The van der Waals surface area contributed by atoms with Gasteiger partial charge in [0.25, 0.3) is 0 Å². The van der Waals surface area contributed by atoms with Crippen molar-refractivity contribution in [3.05, 3.63) is 45.3 Å². The molecule has 1 atom stereocenters. The standard InChI is InChI=1S/C14H12ClNOS/c1-18-14-7-11(17)6-12(13(14)8-16)9-2-4-10(15)5-3-9/h2-5,12H,6-7H2,1H3. The monoisotopic (exact) mass is 277 g/mol. The van der Waals surface area contributed by atoms with Gasteiger partial charge in [0.1, 0.15) is 5.78 Å². The highest BCUT2D eigenvalue weighted by molar-refractivity contribution is 8.02. The van der Waals surface area contributed by atoms with Gasteiger partial charge in [-0.15, -0.1) is 11.8 Å². The van der Waals surface area contributed by atoms with Crippen molar-refractivity contribution in [1.82, 2.24) is 0 Å². The number of ketones is 1. The number of Topliss-reactive ketones (excluding diaryl/α,β-unsaturated/α-hetero) is 1. The number of halogens is 1. The third-order valence-electron chi connectivity index (χ3n) is 3.08. The first-order valence-electron chi connectivity index (χ1n) is 5.60. The van der Waals surface area contributed by atoms with E-state index >= 15 is 0 Å². The molecule has 18 heavy (non-hydrogen) atoms. The molecule has 1 aromatic carbocycles. The maximum Gasteiger partial charge on any atom is 0.138 e. The molecule has 0 amide bonds. The third kappa shape index (κ3) is 2.60. The first-order valence-corrected chi connectivity index (χ1v) is 7.20. The van der Waals surface area contributed by atoms with E-state index in [-0.39, 0.29) is 11.7 Å². The summed E-state index contributed by atoms with van der Waals surface area (Å²) in [5.41, 5.74) is 1.71. The quantitative estimate of drug-likeness (QED) is 0.822. The van der Waals surface area contributed by atoms with Crippen LogP contribution in [0.2, 0.25) is 5.02 Å². The van der Waals surface area contributed by atoms with Crippen molar-refractivity contribution in [1.29, 1.82) is 5.26 Å². The molecule has 0 saturated heterocycles. The summed E-state index contributed by atoms with van der Waals surface area (Å²) in [4.78, 5) is 12.7. The van der Waals surface area contributed by atoms with E-state index in [2.05, 4.69) is 6.07 Å². The summed E-state index contributed by atoms with van der Waals surface area (Å²) in [7, 11) is 0. The van der Waals surface area contributed by atoms with E-state index in [1.165, 1.54) is 11.8 Å². The molecule has 0 radical (unpaired) electrons. The van der Waals surface area contributed by atoms with Crippen molar-refractivity contribution in [2.24, 2.45) is 0 Å².